The van der Waals surface area contributed by atoms with Crippen LogP contribution in [0.3, 0.4) is 0 Å². The lowest BCUT2D eigenvalue weighted by molar-refractivity contribution is -0.139. The molecule has 0 saturated carbocycles. The molecule has 5 nitrogen and oxygen atoms in total. The Kier molecular flexibility index (Phi) is 5.35. The van der Waals surface area contributed by atoms with Crippen molar-refractivity contribution in [2.24, 2.45) is 0 Å². The Morgan fingerprint density at radius 3 is 1.93 bits per heavy atom. The molecule has 4 rings (SSSR count). The number of aryl methyl sites for hydroxylation is 1. The van der Waals surface area contributed by atoms with Crippen LogP contribution in [-0.2, 0) is 16.0 Å². The van der Waals surface area contributed by atoms with Crippen LogP contribution >= 0.6 is 0 Å². The SMILES string of the molecule is O=C(O)CCc1ccc2ccccc2c1-c1c(OCC(=O)O)ccc2ccccc12. The first-order valence-corrected chi connectivity index (χ1v) is 9.63. The molecule has 5 heteroatoms. The van der Waals surface area contributed by atoms with Crippen molar-refractivity contribution in [3.8, 4) is 16.9 Å². The van der Waals surface area contributed by atoms with E-state index in [4.69, 9.17) is 9.84 Å². The van der Waals surface area contributed by atoms with Gasteiger partial charge in [-0.25, -0.2) is 4.79 Å². The van der Waals surface area contributed by atoms with E-state index in [1.165, 1.54) is 0 Å². The molecule has 0 aromatic heterocycles. The van der Waals surface area contributed by atoms with Crippen molar-refractivity contribution >= 4 is 33.5 Å². The summed E-state index contributed by atoms with van der Waals surface area (Å²) in [6, 6.07) is 23.3. The highest BCUT2D eigenvalue weighted by Gasteiger charge is 2.19. The number of hydrogen-bond donors (Lipinski definition) is 2. The van der Waals surface area contributed by atoms with Crippen LogP contribution in [0.5, 0.6) is 5.75 Å². The van der Waals surface area contributed by atoms with Crippen molar-refractivity contribution in [1.82, 2.24) is 0 Å². The van der Waals surface area contributed by atoms with Crippen molar-refractivity contribution in [3.63, 3.8) is 0 Å². The number of hydrogen-bond acceptors (Lipinski definition) is 3. The van der Waals surface area contributed by atoms with Crippen LogP contribution in [0.2, 0.25) is 0 Å². The summed E-state index contributed by atoms with van der Waals surface area (Å²) in [7, 11) is 0. The first-order chi connectivity index (χ1) is 14.5. The van der Waals surface area contributed by atoms with Gasteiger partial charge in [0.25, 0.3) is 0 Å². The molecular formula is C25H20O5. The van der Waals surface area contributed by atoms with Gasteiger partial charge in [-0.05, 0) is 45.2 Å². The van der Waals surface area contributed by atoms with Crippen molar-refractivity contribution in [2.75, 3.05) is 6.61 Å². The fraction of sp³-hybridized carbons (Fsp3) is 0.120. The average Bonchev–Trinajstić information content (AvgIpc) is 2.75. The molecule has 0 radical (unpaired) electrons. The van der Waals surface area contributed by atoms with Crippen molar-refractivity contribution in [2.45, 2.75) is 12.8 Å². The van der Waals surface area contributed by atoms with Crippen LogP contribution in [0.1, 0.15) is 12.0 Å². The Labute approximate surface area is 173 Å². The number of ether oxygens (including phenoxy) is 1. The van der Waals surface area contributed by atoms with Crippen molar-refractivity contribution < 1.29 is 24.5 Å². The van der Waals surface area contributed by atoms with E-state index in [0.717, 1.165) is 38.2 Å². The van der Waals surface area contributed by atoms with Crippen molar-refractivity contribution in [1.29, 1.82) is 0 Å². The summed E-state index contributed by atoms with van der Waals surface area (Å²) < 4.78 is 5.67. The summed E-state index contributed by atoms with van der Waals surface area (Å²) in [5.74, 6) is -1.46. The van der Waals surface area contributed by atoms with Crippen LogP contribution in [-0.4, -0.2) is 28.8 Å². The maximum Gasteiger partial charge on any atom is 0.341 e. The molecule has 0 spiro atoms. The van der Waals surface area contributed by atoms with Gasteiger partial charge in [0.1, 0.15) is 5.75 Å². The Balaban J connectivity index is 2.05. The van der Waals surface area contributed by atoms with Gasteiger partial charge in [0.2, 0.25) is 0 Å². The number of carbonyl (C=O) groups is 2. The molecule has 0 bridgehead atoms. The molecule has 0 amide bonds. The molecule has 0 aliphatic rings. The predicted molar refractivity (Wildman–Crippen MR) is 116 cm³/mol. The Hall–Kier alpha value is -3.86. The third-order valence-electron chi connectivity index (χ3n) is 5.12. The number of carboxylic acid groups (broad SMARTS) is 2. The van der Waals surface area contributed by atoms with Crippen molar-refractivity contribution in [3.05, 3.63) is 78.4 Å². The van der Waals surface area contributed by atoms with Gasteiger partial charge in [-0.1, -0.05) is 66.7 Å². The second-order valence-electron chi connectivity index (χ2n) is 7.06. The number of aliphatic carboxylic acids is 2. The van der Waals surface area contributed by atoms with E-state index in [2.05, 4.69) is 0 Å². The fourth-order valence-electron chi connectivity index (χ4n) is 3.83. The normalized spacial score (nSPS) is 10.9. The zero-order chi connectivity index (χ0) is 21.1. The molecule has 4 aromatic rings. The maximum atomic E-state index is 11.3. The average molecular weight is 400 g/mol. The monoisotopic (exact) mass is 400 g/mol. The quantitative estimate of drug-likeness (QED) is 0.449. The molecule has 0 aliphatic heterocycles. The number of benzene rings is 4. The third-order valence-corrected chi connectivity index (χ3v) is 5.12. The predicted octanol–water partition coefficient (Wildman–Crippen LogP) is 5.14. The van der Waals surface area contributed by atoms with Crippen LogP contribution in [0.4, 0.5) is 0 Å². The van der Waals surface area contributed by atoms with Crippen LogP contribution in [0.25, 0.3) is 32.7 Å². The molecule has 30 heavy (non-hydrogen) atoms. The molecule has 0 aliphatic carbocycles. The number of rotatable bonds is 7. The highest BCUT2D eigenvalue weighted by molar-refractivity contribution is 6.08. The summed E-state index contributed by atoms with van der Waals surface area (Å²) in [6.07, 6.45) is 0.360. The van der Waals surface area contributed by atoms with Gasteiger partial charge >= 0.3 is 11.9 Å². The molecule has 0 fully saturated rings. The summed E-state index contributed by atoms with van der Waals surface area (Å²) in [4.78, 5) is 22.4. The lowest BCUT2D eigenvalue weighted by Gasteiger charge is -2.19. The smallest absolute Gasteiger partial charge is 0.341 e. The summed E-state index contributed by atoms with van der Waals surface area (Å²) in [6.45, 7) is -0.458. The van der Waals surface area contributed by atoms with Gasteiger partial charge < -0.3 is 14.9 Å². The molecule has 4 aromatic carbocycles. The van der Waals surface area contributed by atoms with E-state index in [1.54, 1.807) is 6.07 Å². The minimum Gasteiger partial charge on any atom is -0.481 e. The number of carboxylic acids is 2. The fourth-order valence-corrected chi connectivity index (χ4v) is 3.83. The van der Waals surface area contributed by atoms with Gasteiger partial charge in [0, 0.05) is 12.0 Å². The number of fused-ring (bicyclic) bond motifs is 2. The Bertz CT molecular complexity index is 1160. The van der Waals surface area contributed by atoms with Gasteiger partial charge in [0.05, 0.1) is 0 Å². The minimum atomic E-state index is -1.06. The molecule has 0 atom stereocenters. The Morgan fingerprint density at radius 2 is 1.30 bits per heavy atom. The first kappa shape index (κ1) is 19.5. The summed E-state index contributed by atoms with van der Waals surface area (Å²) >= 11 is 0. The van der Waals surface area contributed by atoms with E-state index in [-0.39, 0.29) is 6.42 Å². The van der Waals surface area contributed by atoms with E-state index in [9.17, 15) is 14.7 Å². The largest absolute Gasteiger partial charge is 0.481 e. The van der Waals surface area contributed by atoms with E-state index >= 15 is 0 Å². The third kappa shape index (κ3) is 3.82. The second-order valence-corrected chi connectivity index (χ2v) is 7.06. The zero-order valence-electron chi connectivity index (χ0n) is 16.2. The molecule has 150 valence electrons. The van der Waals surface area contributed by atoms with E-state index in [1.807, 2.05) is 66.7 Å². The highest BCUT2D eigenvalue weighted by atomic mass is 16.5. The molecular weight excluding hydrogens is 380 g/mol. The van der Waals surface area contributed by atoms with Crippen LogP contribution < -0.4 is 4.74 Å². The molecule has 0 unspecified atom stereocenters. The standard InChI is InChI=1S/C25H20O5/c26-22(27)14-12-18-10-9-16-5-1-3-7-19(16)24(18)25-20-8-4-2-6-17(20)11-13-21(25)30-15-23(28)29/h1-11,13H,12,14-15H2,(H,26,27)(H,28,29). The van der Waals surface area contributed by atoms with Crippen LogP contribution in [0.15, 0.2) is 72.8 Å². The zero-order valence-corrected chi connectivity index (χ0v) is 16.2. The maximum absolute atomic E-state index is 11.3. The Morgan fingerprint density at radius 1 is 0.700 bits per heavy atom. The second kappa shape index (κ2) is 8.25. The van der Waals surface area contributed by atoms with E-state index < -0.39 is 18.5 Å². The van der Waals surface area contributed by atoms with Crippen LogP contribution in [0, 0.1) is 0 Å². The molecule has 0 heterocycles. The lowest BCUT2D eigenvalue weighted by Crippen LogP contribution is -2.10. The van der Waals surface area contributed by atoms with Gasteiger partial charge in [-0.15, -0.1) is 0 Å². The summed E-state index contributed by atoms with van der Waals surface area (Å²) in [5, 5.41) is 22.3. The minimum absolute atomic E-state index is 0.00141. The highest BCUT2D eigenvalue weighted by Crippen LogP contribution is 2.42. The van der Waals surface area contributed by atoms with Gasteiger partial charge in [-0.3, -0.25) is 4.79 Å². The summed E-state index contributed by atoms with van der Waals surface area (Å²) in [5.41, 5.74) is 2.55. The lowest BCUT2D eigenvalue weighted by atomic mass is 9.88. The first-order valence-electron chi connectivity index (χ1n) is 9.63. The van der Waals surface area contributed by atoms with Gasteiger partial charge in [-0.2, -0.15) is 0 Å². The topological polar surface area (TPSA) is 83.8 Å². The van der Waals surface area contributed by atoms with Gasteiger partial charge in [0.15, 0.2) is 6.61 Å². The molecule has 2 N–H and O–H groups in total. The van der Waals surface area contributed by atoms with E-state index in [0.29, 0.717) is 12.2 Å². The molecule has 0 saturated heterocycles.